The van der Waals surface area contributed by atoms with Gasteiger partial charge in [-0.25, -0.2) is 9.83 Å². The van der Waals surface area contributed by atoms with Crippen molar-refractivity contribution in [1.82, 2.24) is 9.55 Å². The van der Waals surface area contributed by atoms with Crippen LogP contribution < -0.4 is 10.6 Å². The molecule has 0 unspecified atom stereocenters. The molecular formula is C20H21N5. The smallest absolute Gasteiger partial charge is 0.206 e. The number of hydrogen-bond acceptors (Lipinski definition) is 3. The Morgan fingerprint density at radius 1 is 1.16 bits per heavy atom. The summed E-state index contributed by atoms with van der Waals surface area (Å²) < 4.78 is 2.26. The molecule has 5 heteroatoms. The molecular weight excluding hydrogens is 310 g/mol. The predicted molar refractivity (Wildman–Crippen MR) is 101 cm³/mol. The predicted octanol–water partition coefficient (Wildman–Crippen LogP) is 3.56. The van der Waals surface area contributed by atoms with E-state index in [4.69, 9.17) is 17.3 Å². The van der Waals surface area contributed by atoms with E-state index in [0.717, 1.165) is 55.0 Å². The molecule has 2 heterocycles. The third kappa shape index (κ3) is 3.09. The molecule has 0 amide bonds. The summed E-state index contributed by atoms with van der Waals surface area (Å²) in [5.41, 5.74) is 10.2. The van der Waals surface area contributed by atoms with Gasteiger partial charge in [0.2, 0.25) is 5.95 Å². The molecule has 1 atom stereocenters. The van der Waals surface area contributed by atoms with Gasteiger partial charge in [-0.15, -0.1) is 0 Å². The molecule has 1 fully saturated rings. The van der Waals surface area contributed by atoms with Gasteiger partial charge in [0.1, 0.15) is 0 Å². The van der Waals surface area contributed by atoms with E-state index in [9.17, 15) is 0 Å². The van der Waals surface area contributed by atoms with Crippen LogP contribution in [0, 0.1) is 6.57 Å². The van der Waals surface area contributed by atoms with Crippen molar-refractivity contribution >= 4 is 22.7 Å². The largest absolute Gasteiger partial charge is 0.341 e. The molecule has 1 aliphatic rings. The Bertz CT molecular complexity index is 919. The summed E-state index contributed by atoms with van der Waals surface area (Å²) in [6.07, 6.45) is 2.18. The van der Waals surface area contributed by atoms with Gasteiger partial charge in [0.25, 0.3) is 0 Å². The van der Waals surface area contributed by atoms with Gasteiger partial charge in [-0.3, -0.25) is 0 Å². The minimum Gasteiger partial charge on any atom is -0.341 e. The maximum Gasteiger partial charge on any atom is 0.206 e. The van der Waals surface area contributed by atoms with Gasteiger partial charge >= 0.3 is 0 Å². The number of rotatable bonds is 3. The fourth-order valence-electron chi connectivity index (χ4n) is 3.51. The van der Waals surface area contributed by atoms with Gasteiger partial charge in [-0.2, -0.15) is 0 Å². The first kappa shape index (κ1) is 15.7. The van der Waals surface area contributed by atoms with E-state index in [1.54, 1.807) is 0 Å². The van der Waals surface area contributed by atoms with E-state index < -0.39 is 0 Å². The third-order valence-corrected chi connectivity index (χ3v) is 4.78. The van der Waals surface area contributed by atoms with E-state index in [2.05, 4.69) is 26.4 Å². The Balaban J connectivity index is 1.74. The Morgan fingerprint density at radius 3 is 2.72 bits per heavy atom. The summed E-state index contributed by atoms with van der Waals surface area (Å²) in [5.74, 6) is 0.991. The number of anilines is 1. The Morgan fingerprint density at radius 2 is 1.96 bits per heavy atom. The molecule has 0 aliphatic carbocycles. The minimum absolute atomic E-state index is 0.208. The van der Waals surface area contributed by atoms with Crippen LogP contribution in [0.1, 0.15) is 18.4 Å². The molecule has 2 aromatic carbocycles. The van der Waals surface area contributed by atoms with Crippen molar-refractivity contribution in [3.8, 4) is 0 Å². The fraction of sp³-hybridized carbons (Fsp3) is 0.300. The van der Waals surface area contributed by atoms with Crippen molar-refractivity contribution in [1.29, 1.82) is 0 Å². The molecule has 0 saturated carbocycles. The monoisotopic (exact) mass is 331 g/mol. The van der Waals surface area contributed by atoms with Crippen LogP contribution in [0.2, 0.25) is 0 Å². The van der Waals surface area contributed by atoms with E-state index in [1.807, 2.05) is 36.4 Å². The highest BCUT2D eigenvalue weighted by molar-refractivity contribution is 5.79. The third-order valence-electron chi connectivity index (χ3n) is 4.78. The van der Waals surface area contributed by atoms with Crippen LogP contribution in [0.5, 0.6) is 0 Å². The van der Waals surface area contributed by atoms with Gasteiger partial charge in [0.15, 0.2) is 5.69 Å². The summed E-state index contributed by atoms with van der Waals surface area (Å²) in [5, 5.41) is 0. The second-order valence-electron chi connectivity index (χ2n) is 6.61. The molecule has 4 rings (SSSR count). The first-order chi connectivity index (χ1) is 12.2. The summed E-state index contributed by atoms with van der Waals surface area (Å²) in [6.45, 7) is 9.67. The lowest BCUT2D eigenvalue weighted by Crippen LogP contribution is -2.44. The quantitative estimate of drug-likeness (QED) is 0.747. The van der Waals surface area contributed by atoms with Gasteiger partial charge in [-0.1, -0.05) is 36.4 Å². The number of aromatic nitrogens is 2. The highest BCUT2D eigenvalue weighted by atomic mass is 15.3. The van der Waals surface area contributed by atoms with Crippen molar-refractivity contribution in [3.63, 3.8) is 0 Å². The lowest BCUT2D eigenvalue weighted by molar-refractivity contribution is 0.495. The topological polar surface area (TPSA) is 51.4 Å². The number of nitrogens with zero attached hydrogens (tertiary/aromatic N) is 4. The standard InChI is InChI=1S/C20H21N5/c1-22-17-10-8-15(9-11-17)13-25-19-7-3-2-6-18(19)23-20(25)24-12-4-5-16(21)14-24/h2-3,6-11,16H,4-5,12-14,21H2/t16-/m1/s1. The number of para-hydroxylation sites is 2. The lowest BCUT2D eigenvalue weighted by Gasteiger charge is -2.32. The van der Waals surface area contributed by atoms with E-state index in [-0.39, 0.29) is 6.04 Å². The maximum absolute atomic E-state index is 7.10. The molecule has 5 nitrogen and oxygen atoms in total. The zero-order chi connectivity index (χ0) is 17.2. The van der Waals surface area contributed by atoms with Gasteiger partial charge in [0, 0.05) is 19.1 Å². The van der Waals surface area contributed by atoms with Crippen LogP contribution in [0.4, 0.5) is 11.6 Å². The Kier molecular flexibility index (Phi) is 4.12. The zero-order valence-electron chi connectivity index (χ0n) is 14.1. The zero-order valence-corrected chi connectivity index (χ0v) is 14.1. The molecule has 0 bridgehead atoms. The first-order valence-corrected chi connectivity index (χ1v) is 8.67. The molecule has 0 radical (unpaired) electrons. The number of piperidine rings is 1. The van der Waals surface area contributed by atoms with E-state index in [0.29, 0.717) is 5.69 Å². The summed E-state index contributed by atoms with van der Waals surface area (Å²) >= 11 is 0. The summed E-state index contributed by atoms with van der Waals surface area (Å²) in [4.78, 5) is 10.7. The number of hydrogen-bond donors (Lipinski definition) is 1. The van der Waals surface area contributed by atoms with Gasteiger partial charge in [-0.05, 0) is 30.5 Å². The average Bonchev–Trinajstić information content (AvgIpc) is 3.01. The molecule has 1 saturated heterocycles. The van der Waals surface area contributed by atoms with E-state index in [1.165, 1.54) is 0 Å². The fourth-order valence-corrected chi connectivity index (χ4v) is 3.51. The second kappa shape index (κ2) is 6.58. The lowest BCUT2D eigenvalue weighted by atomic mass is 10.1. The maximum atomic E-state index is 7.10. The number of nitrogens with two attached hydrogens (primary N) is 1. The second-order valence-corrected chi connectivity index (χ2v) is 6.61. The van der Waals surface area contributed by atoms with Crippen LogP contribution in [-0.4, -0.2) is 28.7 Å². The van der Waals surface area contributed by atoms with Gasteiger partial charge in [0.05, 0.1) is 24.2 Å². The van der Waals surface area contributed by atoms with Crippen LogP contribution in [-0.2, 0) is 6.54 Å². The van der Waals surface area contributed by atoms with Crippen molar-refractivity contribution < 1.29 is 0 Å². The Hall–Kier alpha value is -2.84. The minimum atomic E-state index is 0.208. The highest BCUT2D eigenvalue weighted by Gasteiger charge is 2.22. The molecule has 0 spiro atoms. The molecule has 3 aromatic rings. The normalized spacial score (nSPS) is 17.6. The number of benzene rings is 2. The average molecular weight is 331 g/mol. The van der Waals surface area contributed by atoms with Crippen LogP contribution in [0.25, 0.3) is 15.9 Å². The molecule has 126 valence electrons. The molecule has 1 aliphatic heterocycles. The van der Waals surface area contributed by atoms with Crippen molar-refractivity contribution in [3.05, 3.63) is 65.5 Å². The molecule has 2 N–H and O–H groups in total. The van der Waals surface area contributed by atoms with Crippen LogP contribution in [0.15, 0.2) is 48.5 Å². The van der Waals surface area contributed by atoms with E-state index >= 15 is 0 Å². The molecule has 1 aromatic heterocycles. The summed E-state index contributed by atoms with van der Waals surface area (Å²) in [6, 6.07) is 16.2. The van der Waals surface area contributed by atoms with Crippen LogP contribution >= 0.6 is 0 Å². The molecule has 25 heavy (non-hydrogen) atoms. The number of imidazole rings is 1. The van der Waals surface area contributed by atoms with Crippen molar-refractivity contribution in [2.75, 3.05) is 18.0 Å². The van der Waals surface area contributed by atoms with Crippen molar-refractivity contribution in [2.24, 2.45) is 5.73 Å². The van der Waals surface area contributed by atoms with Crippen molar-refractivity contribution in [2.45, 2.75) is 25.4 Å². The number of fused-ring (bicyclic) bond motifs is 1. The summed E-state index contributed by atoms with van der Waals surface area (Å²) in [7, 11) is 0. The SMILES string of the molecule is [C-]#[N+]c1ccc(Cn2c(N3CCC[C@@H](N)C3)nc3ccccc32)cc1. The van der Waals surface area contributed by atoms with Crippen LogP contribution in [0.3, 0.4) is 0 Å². The Labute approximate surface area is 147 Å². The van der Waals surface area contributed by atoms with Gasteiger partial charge < -0.3 is 15.2 Å². The highest BCUT2D eigenvalue weighted by Crippen LogP contribution is 2.26. The first-order valence-electron chi connectivity index (χ1n) is 8.67.